The van der Waals surface area contributed by atoms with Gasteiger partial charge in [-0.05, 0) is 31.2 Å². The van der Waals surface area contributed by atoms with Crippen LogP contribution in [-0.2, 0) is 14.6 Å². The van der Waals surface area contributed by atoms with Crippen molar-refractivity contribution in [2.45, 2.75) is 38.0 Å². The molecular weight excluding hydrogens is 312 g/mol. The zero-order valence-corrected chi connectivity index (χ0v) is 13.9. The topological polar surface area (TPSA) is 75.6 Å². The van der Waals surface area contributed by atoms with Gasteiger partial charge in [0.2, 0.25) is 5.91 Å². The van der Waals surface area contributed by atoms with Crippen LogP contribution >= 0.6 is 0 Å². The van der Waals surface area contributed by atoms with Gasteiger partial charge in [-0.3, -0.25) is 4.79 Å². The molecule has 2 aliphatic rings. The SMILES string of the molecule is O=C(NN=C1CCCC[C@H]1c1ccccc1)[C@H]1CCS(=O)(=O)C1. The maximum atomic E-state index is 12.1. The van der Waals surface area contributed by atoms with E-state index in [9.17, 15) is 13.2 Å². The average molecular weight is 334 g/mol. The lowest BCUT2D eigenvalue weighted by atomic mass is 9.82. The number of rotatable bonds is 3. The molecule has 0 bridgehead atoms. The molecule has 5 nitrogen and oxygen atoms in total. The van der Waals surface area contributed by atoms with E-state index in [0.717, 1.165) is 31.4 Å². The predicted molar refractivity (Wildman–Crippen MR) is 90.0 cm³/mol. The lowest BCUT2D eigenvalue weighted by molar-refractivity contribution is -0.124. The van der Waals surface area contributed by atoms with Gasteiger partial charge in [-0.25, -0.2) is 13.8 Å². The summed E-state index contributed by atoms with van der Waals surface area (Å²) in [6.45, 7) is 0. The number of hydrogen-bond acceptors (Lipinski definition) is 4. The molecule has 2 fully saturated rings. The van der Waals surface area contributed by atoms with Crippen molar-refractivity contribution < 1.29 is 13.2 Å². The molecule has 0 aromatic heterocycles. The molecule has 1 saturated heterocycles. The Morgan fingerprint density at radius 2 is 1.91 bits per heavy atom. The highest BCUT2D eigenvalue weighted by Gasteiger charge is 2.33. The second kappa shape index (κ2) is 6.83. The van der Waals surface area contributed by atoms with E-state index in [-0.39, 0.29) is 23.3 Å². The van der Waals surface area contributed by atoms with E-state index in [0.29, 0.717) is 6.42 Å². The number of benzene rings is 1. The minimum absolute atomic E-state index is 0.0498. The third-order valence-electron chi connectivity index (χ3n) is 4.69. The van der Waals surface area contributed by atoms with Crippen LogP contribution in [-0.4, -0.2) is 31.5 Å². The number of nitrogens with zero attached hydrogens (tertiary/aromatic N) is 1. The van der Waals surface area contributed by atoms with E-state index in [1.807, 2.05) is 18.2 Å². The van der Waals surface area contributed by atoms with Crippen LogP contribution in [0.1, 0.15) is 43.6 Å². The van der Waals surface area contributed by atoms with Crippen molar-refractivity contribution in [3.8, 4) is 0 Å². The van der Waals surface area contributed by atoms with Gasteiger partial charge in [0.1, 0.15) is 0 Å². The number of carbonyl (C=O) groups is 1. The van der Waals surface area contributed by atoms with E-state index in [1.54, 1.807) is 0 Å². The highest BCUT2D eigenvalue weighted by atomic mass is 32.2. The van der Waals surface area contributed by atoms with E-state index in [1.165, 1.54) is 5.56 Å². The second-order valence-corrected chi connectivity index (χ2v) is 8.62. The molecule has 23 heavy (non-hydrogen) atoms. The van der Waals surface area contributed by atoms with Crippen molar-refractivity contribution in [2.24, 2.45) is 11.0 Å². The first-order valence-electron chi connectivity index (χ1n) is 8.17. The second-order valence-electron chi connectivity index (χ2n) is 6.39. The molecule has 1 saturated carbocycles. The minimum Gasteiger partial charge on any atom is -0.273 e. The molecule has 2 atom stereocenters. The predicted octanol–water partition coefficient (Wildman–Crippen LogP) is 2.25. The molecular formula is C17H22N2O3S. The summed E-state index contributed by atoms with van der Waals surface area (Å²) in [6, 6.07) is 10.2. The highest BCUT2D eigenvalue weighted by molar-refractivity contribution is 7.91. The lowest BCUT2D eigenvalue weighted by Gasteiger charge is -2.24. The number of hydrogen-bond donors (Lipinski definition) is 1. The van der Waals surface area contributed by atoms with Crippen LogP contribution < -0.4 is 5.43 Å². The smallest absolute Gasteiger partial charge is 0.244 e. The number of carbonyl (C=O) groups excluding carboxylic acids is 1. The van der Waals surface area contributed by atoms with Crippen molar-refractivity contribution in [3.63, 3.8) is 0 Å². The Labute approximate surface area is 137 Å². The van der Waals surface area contributed by atoms with Crippen LogP contribution in [0.5, 0.6) is 0 Å². The average Bonchev–Trinajstić information content (AvgIpc) is 2.94. The zero-order chi connectivity index (χ0) is 16.3. The molecule has 1 N–H and O–H groups in total. The Morgan fingerprint density at radius 3 is 2.61 bits per heavy atom. The summed E-state index contributed by atoms with van der Waals surface area (Å²) in [5, 5.41) is 4.36. The first-order chi connectivity index (χ1) is 11.1. The van der Waals surface area contributed by atoms with E-state index in [4.69, 9.17) is 0 Å². The van der Waals surface area contributed by atoms with Gasteiger partial charge in [-0.2, -0.15) is 5.10 Å². The lowest BCUT2D eigenvalue weighted by Crippen LogP contribution is -2.30. The van der Waals surface area contributed by atoms with Crippen LogP contribution in [0.15, 0.2) is 35.4 Å². The van der Waals surface area contributed by atoms with Gasteiger partial charge in [-0.1, -0.05) is 36.8 Å². The fraction of sp³-hybridized carbons (Fsp3) is 0.529. The van der Waals surface area contributed by atoms with Gasteiger partial charge in [0.25, 0.3) is 0 Å². The Bertz CT molecular complexity index is 698. The van der Waals surface area contributed by atoms with Crippen LogP contribution in [0, 0.1) is 5.92 Å². The Kier molecular flexibility index (Phi) is 4.80. The summed E-state index contributed by atoms with van der Waals surface area (Å²) in [6.07, 6.45) is 4.56. The van der Waals surface area contributed by atoms with Crippen molar-refractivity contribution in [3.05, 3.63) is 35.9 Å². The maximum absolute atomic E-state index is 12.1. The van der Waals surface area contributed by atoms with E-state index >= 15 is 0 Å². The van der Waals surface area contributed by atoms with Crippen LogP contribution in [0.25, 0.3) is 0 Å². The van der Waals surface area contributed by atoms with Crippen LogP contribution in [0.3, 0.4) is 0 Å². The third-order valence-corrected chi connectivity index (χ3v) is 6.46. The summed E-state index contributed by atoms with van der Waals surface area (Å²) < 4.78 is 22.9. The minimum atomic E-state index is -3.05. The van der Waals surface area contributed by atoms with Gasteiger partial charge in [0.15, 0.2) is 9.84 Å². The Balaban J connectivity index is 1.69. The molecule has 1 aliphatic heterocycles. The number of sulfone groups is 1. The van der Waals surface area contributed by atoms with Crippen LogP contribution in [0.2, 0.25) is 0 Å². The molecule has 0 unspecified atom stereocenters. The van der Waals surface area contributed by atoms with Crippen molar-refractivity contribution in [1.82, 2.24) is 5.43 Å². The fourth-order valence-corrected chi connectivity index (χ4v) is 5.14. The van der Waals surface area contributed by atoms with Gasteiger partial charge >= 0.3 is 0 Å². The number of amides is 1. The standard InChI is InChI=1S/C17H22N2O3S/c20-17(14-10-11-23(21,22)12-14)19-18-16-9-5-4-8-15(16)13-6-2-1-3-7-13/h1-3,6-7,14-15H,4-5,8-12H2,(H,19,20)/t14-,15-/m0/s1. The molecule has 0 radical (unpaired) electrons. The quantitative estimate of drug-likeness (QED) is 0.862. The molecule has 124 valence electrons. The zero-order valence-electron chi connectivity index (χ0n) is 13.1. The summed E-state index contributed by atoms with van der Waals surface area (Å²) >= 11 is 0. The molecule has 1 aromatic rings. The van der Waals surface area contributed by atoms with Crippen molar-refractivity contribution in [1.29, 1.82) is 0 Å². The summed E-state index contributed by atoms with van der Waals surface area (Å²) in [5.74, 6) is -0.420. The highest BCUT2D eigenvalue weighted by Crippen LogP contribution is 2.30. The number of hydrazone groups is 1. The molecule has 1 amide bonds. The number of nitrogens with one attached hydrogen (secondary N) is 1. The monoisotopic (exact) mass is 334 g/mol. The summed E-state index contributed by atoms with van der Waals surface area (Å²) in [7, 11) is -3.05. The maximum Gasteiger partial charge on any atom is 0.244 e. The van der Waals surface area contributed by atoms with Crippen LogP contribution in [0.4, 0.5) is 0 Å². The Hall–Kier alpha value is -1.69. The van der Waals surface area contributed by atoms with E-state index < -0.39 is 15.8 Å². The first-order valence-corrected chi connectivity index (χ1v) is 9.99. The molecule has 3 rings (SSSR count). The molecule has 1 aromatic carbocycles. The fourth-order valence-electron chi connectivity index (χ4n) is 3.39. The van der Waals surface area contributed by atoms with Gasteiger partial charge < -0.3 is 0 Å². The largest absolute Gasteiger partial charge is 0.273 e. The Morgan fingerprint density at radius 1 is 1.13 bits per heavy atom. The summed E-state index contributed by atoms with van der Waals surface area (Å²) in [5.41, 5.74) is 4.84. The van der Waals surface area contributed by atoms with Gasteiger partial charge in [0, 0.05) is 11.6 Å². The van der Waals surface area contributed by atoms with E-state index in [2.05, 4.69) is 22.7 Å². The first kappa shape index (κ1) is 16.2. The molecule has 1 aliphatic carbocycles. The van der Waals surface area contributed by atoms with Crippen molar-refractivity contribution in [2.75, 3.05) is 11.5 Å². The summed E-state index contributed by atoms with van der Waals surface area (Å²) in [4.78, 5) is 12.1. The van der Waals surface area contributed by atoms with Crippen molar-refractivity contribution >= 4 is 21.5 Å². The molecule has 1 heterocycles. The molecule has 6 heteroatoms. The van der Waals surface area contributed by atoms with Gasteiger partial charge in [-0.15, -0.1) is 0 Å². The van der Waals surface area contributed by atoms with Gasteiger partial charge in [0.05, 0.1) is 17.4 Å². The molecule has 0 spiro atoms. The third kappa shape index (κ3) is 3.99. The normalized spacial score (nSPS) is 28.6.